The van der Waals surface area contributed by atoms with Gasteiger partial charge >= 0.3 is 0 Å². The molecule has 22 heavy (non-hydrogen) atoms. The number of nitro benzene ring substituents is 1. The van der Waals surface area contributed by atoms with Crippen LogP contribution in [0.15, 0.2) is 48.5 Å². The summed E-state index contributed by atoms with van der Waals surface area (Å²) in [6.45, 7) is 1.74. The summed E-state index contributed by atoms with van der Waals surface area (Å²) in [5.74, 6) is 0.997. The zero-order valence-corrected chi connectivity index (χ0v) is 12.9. The molecule has 0 spiro atoms. The van der Waals surface area contributed by atoms with Crippen LogP contribution in [0.1, 0.15) is 11.1 Å². The fourth-order valence-electron chi connectivity index (χ4n) is 1.92. The van der Waals surface area contributed by atoms with E-state index in [9.17, 15) is 14.9 Å². The van der Waals surface area contributed by atoms with E-state index in [1.54, 1.807) is 13.0 Å². The van der Waals surface area contributed by atoms with Gasteiger partial charge in [0.25, 0.3) is 5.69 Å². The van der Waals surface area contributed by atoms with Crippen molar-refractivity contribution in [2.75, 3.05) is 11.1 Å². The molecule has 0 unspecified atom stereocenters. The molecule has 2 aromatic carbocycles. The average Bonchev–Trinajstić information content (AvgIpc) is 2.50. The molecule has 1 N–H and O–H groups in total. The van der Waals surface area contributed by atoms with E-state index in [0.29, 0.717) is 17.0 Å². The van der Waals surface area contributed by atoms with Gasteiger partial charge in [-0.25, -0.2) is 0 Å². The summed E-state index contributed by atoms with van der Waals surface area (Å²) in [4.78, 5) is 22.1. The molecule has 0 saturated heterocycles. The number of nitrogens with zero attached hydrogens (tertiary/aromatic N) is 1. The summed E-state index contributed by atoms with van der Waals surface area (Å²) >= 11 is 1.53. The first kappa shape index (κ1) is 16.0. The molecule has 0 aromatic heterocycles. The van der Waals surface area contributed by atoms with Crippen molar-refractivity contribution in [3.8, 4) is 0 Å². The molecule has 0 aliphatic carbocycles. The quantitative estimate of drug-likeness (QED) is 0.650. The lowest BCUT2D eigenvalue weighted by molar-refractivity contribution is -0.384. The summed E-state index contributed by atoms with van der Waals surface area (Å²) in [5, 5.41) is 13.5. The Morgan fingerprint density at radius 2 is 1.95 bits per heavy atom. The van der Waals surface area contributed by atoms with Gasteiger partial charge < -0.3 is 5.32 Å². The smallest absolute Gasteiger partial charge is 0.269 e. The summed E-state index contributed by atoms with van der Waals surface area (Å²) in [5.41, 5.74) is 2.48. The number of non-ortho nitro benzene ring substituents is 1. The molecule has 0 saturated carbocycles. The third-order valence-corrected chi connectivity index (χ3v) is 4.04. The normalized spacial score (nSPS) is 10.2. The number of nitro groups is 1. The first-order chi connectivity index (χ1) is 10.6. The van der Waals surface area contributed by atoms with Gasteiger partial charge in [0.05, 0.1) is 10.7 Å². The Hall–Kier alpha value is -2.34. The highest BCUT2D eigenvalue weighted by molar-refractivity contribution is 7.99. The topological polar surface area (TPSA) is 72.2 Å². The maximum atomic E-state index is 11.9. The lowest BCUT2D eigenvalue weighted by Gasteiger charge is -2.08. The zero-order valence-electron chi connectivity index (χ0n) is 12.1. The SMILES string of the molecule is Cc1cc([N+](=O)[O-])ccc1NC(=O)CSCc1ccccc1. The molecule has 1 amide bonds. The van der Waals surface area contributed by atoms with E-state index in [1.807, 2.05) is 30.3 Å². The van der Waals surface area contributed by atoms with Crippen molar-refractivity contribution in [2.24, 2.45) is 0 Å². The van der Waals surface area contributed by atoms with Crippen LogP contribution in [0.2, 0.25) is 0 Å². The molecule has 0 radical (unpaired) electrons. The van der Waals surface area contributed by atoms with Crippen LogP contribution >= 0.6 is 11.8 Å². The second kappa shape index (κ2) is 7.61. The Morgan fingerprint density at radius 3 is 2.59 bits per heavy atom. The number of amides is 1. The van der Waals surface area contributed by atoms with Crippen LogP contribution in [0.25, 0.3) is 0 Å². The molecule has 0 aliphatic rings. The molecule has 0 atom stereocenters. The van der Waals surface area contributed by atoms with Crippen LogP contribution in [0, 0.1) is 17.0 Å². The minimum atomic E-state index is -0.450. The Balaban J connectivity index is 1.85. The molecule has 0 heterocycles. The maximum Gasteiger partial charge on any atom is 0.269 e. The number of nitrogens with one attached hydrogen (secondary N) is 1. The van der Waals surface area contributed by atoms with Crippen molar-refractivity contribution in [3.05, 3.63) is 69.8 Å². The average molecular weight is 316 g/mol. The van der Waals surface area contributed by atoms with Gasteiger partial charge in [-0.05, 0) is 24.1 Å². The van der Waals surface area contributed by atoms with Crippen LogP contribution in [0.5, 0.6) is 0 Å². The van der Waals surface area contributed by atoms with Crippen molar-refractivity contribution in [1.82, 2.24) is 0 Å². The first-order valence-electron chi connectivity index (χ1n) is 6.73. The van der Waals surface area contributed by atoms with Gasteiger partial charge in [0.2, 0.25) is 5.91 Å². The Bertz CT molecular complexity index is 674. The van der Waals surface area contributed by atoms with Crippen molar-refractivity contribution in [3.63, 3.8) is 0 Å². The van der Waals surface area contributed by atoms with E-state index in [-0.39, 0.29) is 11.6 Å². The van der Waals surface area contributed by atoms with Crippen LogP contribution in [-0.2, 0) is 10.5 Å². The van der Waals surface area contributed by atoms with Crippen molar-refractivity contribution in [2.45, 2.75) is 12.7 Å². The summed E-state index contributed by atoms with van der Waals surface area (Å²) in [6, 6.07) is 14.3. The van der Waals surface area contributed by atoms with Gasteiger partial charge in [0.1, 0.15) is 0 Å². The Labute approximate surface area is 132 Å². The van der Waals surface area contributed by atoms with E-state index >= 15 is 0 Å². The van der Waals surface area contributed by atoms with Gasteiger partial charge in [0, 0.05) is 23.6 Å². The number of anilines is 1. The van der Waals surface area contributed by atoms with Gasteiger partial charge in [-0.1, -0.05) is 30.3 Å². The molecule has 2 rings (SSSR count). The minimum absolute atomic E-state index is 0.0222. The highest BCUT2D eigenvalue weighted by atomic mass is 32.2. The molecule has 6 heteroatoms. The van der Waals surface area contributed by atoms with Crippen LogP contribution in [0.3, 0.4) is 0 Å². The molecule has 0 bridgehead atoms. The largest absolute Gasteiger partial charge is 0.325 e. The van der Waals surface area contributed by atoms with Crippen LogP contribution in [-0.4, -0.2) is 16.6 Å². The fraction of sp³-hybridized carbons (Fsp3) is 0.188. The van der Waals surface area contributed by atoms with Crippen molar-refractivity contribution < 1.29 is 9.72 Å². The molecular weight excluding hydrogens is 300 g/mol. The van der Waals surface area contributed by atoms with E-state index in [0.717, 1.165) is 5.75 Å². The van der Waals surface area contributed by atoms with Crippen LogP contribution in [0.4, 0.5) is 11.4 Å². The van der Waals surface area contributed by atoms with Gasteiger partial charge in [-0.15, -0.1) is 11.8 Å². The standard InChI is InChI=1S/C16H16N2O3S/c1-12-9-14(18(20)21)7-8-15(12)17-16(19)11-22-10-13-5-3-2-4-6-13/h2-9H,10-11H2,1H3,(H,17,19). The van der Waals surface area contributed by atoms with Gasteiger partial charge in [-0.3, -0.25) is 14.9 Å². The predicted octanol–water partition coefficient (Wildman–Crippen LogP) is 3.78. The number of hydrogen-bond donors (Lipinski definition) is 1. The lowest BCUT2D eigenvalue weighted by atomic mass is 10.2. The fourth-order valence-corrected chi connectivity index (χ4v) is 2.71. The number of aryl methyl sites for hydroxylation is 1. The van der Waals surface area contributed by atoms with E-state index in [1.165, 1.54) is 29.5 Å². The monoisotopic (exact) mass is 316 g/mol. The van der Waals surface area contributed by atoms with Crippen LogP contribution < -0.4 is 5.32 Å². The first-order valence-corrected chi connectivity index (χ1v) is 7.88. The third kappa shape index (κ3) is 4.60. The number of carbonyl (C=O) groups excluding carboxylic acids is 1. The highest BCUT2D eigenvalue weighted by Gasteiger charge is 2.10. The van der Waals surface area contributed by atoms with Crippen molar-refractivity contribution in [1.29, 1.82) is 0 Å². The third-order valence-electron chi connectivity index (χ3n) is 3.04. The number of benzene rings is 2. The maximum absolute atomic E-state index is 11.9. The number of hydrogen-bond acceptors (Lipinski definition) is 4. The minimum Gasteiger partial charge on any atom is -0.325 e. The molecule has 0 fully saturated rings. The van der Waals surface area contributed by atoms with Gasteiger partial charge in [-0.2, -0.15) is 0 Å². The van der Waals surface area contributed by atoms with E-state index in [4.69, 9.17) is 0 Å². The van der Waals surface area contributed by atoms with E-state index < -0.39 is 4.92 Å². The molecular formula is C16H16N2O3S. The molecule has 5 nitrogen and oxygen atoms in total. The number of thioether (sulfide) groups is 1. The summed E-state index contributed by atoms with van der Waals surface area (Å²) in [7, 11) is 0. The van der Waals surface area contributed by atoms with Gasteiger partial charge in [0.15, 0.2) is 0 Å². The number of rotatable bonds is 6. The molecule has 0 aliphatic heterocycles. The second-order valence-electron chi connectivity index (χ2n) is 4.78. The highest BCUT2D eigenvalue weighted by Crippen LogP contribution is 2.21. The molecule has 114 valence electrons. The Morgan fingerprint density at radius 1 is 1.23 bits per heavy atom. The Kier molecular flexibility index (Phi) is 5.55. The lowest BCUT2D eigenvalue weighted by Crippen LogP contribution is -2.15. The number of carbonyl (C=O) groups is 1. The van der Waals surface area contributed by atoms with E-state index in [2.05, 4.69) is 5.32 Å². The molecule has 2 aromatic rings. The van der Waals surface area contributed by atoms with Crippen molar-refractivity contribution >= 4 is 29.0 Å². The predicted molar refractivity (Wildman–Crippen MR) is 89.1 cm³/mol. The summed E-state index contributed by atoms with van der Waals surface area (Å²) < 4.78 is 0. The zero-order chi connectivity index (χ0) is 15.9. The summed E-state index contributed by atoms with van der Waals surface area (Å²) in [6.07, 6.45) is 0. The second-order valence-corrected chi connectivity index (χ2v) is 5.77.